The van der Waals surface area contributed by atoms with Crippen LogP contribution >= 0.6 is 11.6 Å². The maximum atomic E-state index is 13.4. The predicted molar refractivity (Wildman–Crippen MR) is 61.8 cm³/mol. The second-order valence-electron chi connectivity index (χ2n) is 3.78. The largest absolute Gasteiger partial charge is 0.347 e. The van der Waals surface area contributed by atoms with Crippen LogP contribution in [0.4, 0.5) is 4.39 Å². The summed E-state index contributed by atoms with van der Waals surface area (Å²) in [5.41, 5.74) is 6.02. The molecule has 0 aromatic heterocycles. The van der Waals surface area contributed by atoms with Gasteiger partial charge >= 0.3 is 0 Å². The van der Waals surface area contributed by atoms with Crippen LogP contribution in [-0.4, -0.2) is 30.9 Å². The summed E-state index contributed by atoms with van der Waals surface area (Å²) in [6, 6.07) is 3.46. The molecule has 0 aliphatic rings. The molecule has 0 spiro atoms. The van der Waals surface area contributed by atoms with Crippen molar-refractivity contribution in [2.24, 2.45) is 5.73 Å². The third kappa shape index (κ3) is 3.18. The van der Waals surface area contributed by atoms with Gasteiger partial charge in [0, 0.05) is 19.1 Å². The van der Waals surface area contributed by atoms with E-state index in [4.69, 9.17) is 17.3 Å². The van der Waals surface area contributed by atoms with Crippen molar-refractivity contribution >= 4 is 17.5 Å². The summed E-state index contributed by atoms with van der Waals surface area (Å²) in [5.74, 6) is -0.634. The number of amides is 1. The lowest BCUT2D eigenvalue weighted by atomic mass is 10.1. The van der Waals surface area contributed by atoms with E-state index in [1.165, 1.54) is 23.1 Å². The first kappa shape index (κ1) is 12.9. The van der Waals surface area contributed by atoms with E-state index in [2.05, 4.69) is 0 Å². The molecule has 0 saturated heterocycles. The van der Waals surface area contributed by atoms with Crippen molar-refractivity contribution in [2.75, 3.05) is 14.1 Å². The van der Waals surface area contributed by atoms with Crippen molar-refractivity contribution in [1.29, 1.82) is 0 Å². The van der Waals surface area contributed by atoms with Gasteiger partial charge in [-0.25, -0.2) is 4.39 Å². The standard InChI is InChI=1S/C11H14ClFN2O/c1-15(2)11(16)10(14)6-7-5-8(12)3-4-9(7)13/h3-5,10H,6,14H2,1-2H3. The fourth-order valence-corrected chi connectivity index (χ4v) is 1.55. The van der Waals surface area contributed by atoms with Gasteiger partial charge in [0.2, 0.25) is 5.91 Å². The fraction of sp³-hybridized carbons (Fsp3) is 0.364. The second kappa shape index (κ2) is 5.27. The zero-order chi connectivity index (χ0) is 12.3. The first-order valence-corrected chi connectivity index (χ1v) is 5.20. The van der Waals surface area contributed by atoms with Crippen molar-refractivity contribution in [1.82, 2.24) is 4.90 Å². The van der Waals surface area contributed by atoms with E-state index < -0.39 is 11.9 Å². The van der Waals surface area contributed by atoms with Crippen molar-refractivity contribution in [2.45, 2.75) is 12.5 Å². The molecule has 1 atom stereocenters. The first-order valence-electron chi connectivity index (χ1n) is 4.82. The average molecular weight is 245 g/mol. The molecule has 1 rings (SSSR count). The lowest BCUT2D eigenvalue weighted by Gasteiger charge is -2.17. The minimum atomic E-state index is -0.747. The number of halogens is 2. The Kier molecular flexibility index (Phi) is 4.26. The van der Waals surface area contributed by atoms with Gasteiger partial charge in [0.15, 0.2) is 0 Å². The Morgan fingerprint density at radius 2 is 2.19 bits per heavy atom. The van der Waals surface area contributed by atoms with Crippen molar-refractivity contribution in [3.05, 3.63) is 34.6 Å². The third-order valence-corrected chi connectivity index (χ3v) is 2.44. The molecule has 88 valence electrons. The van der Waals surface area contributed by atoms with Gasteiger partial charge in [-0.2, -0.15) is 0 Å². The van der Waals surface area contributed by atoms with Gasteiger partial charge in [0.1, 0.15) is 5.82 Å². The Labute approximate surface area is 99.0 Å². The van der Waals surface area contributed by atoms with Gasteiger partial charge in [0.25, 0.3) is 0 Å². The summed E-state index contributed by atoms with van der Waals surface area (Å²) in [7, 11) is 3.22. The average Bonchev–Trinajstić information content (AvgIpc) is 2.22. The minimum absolute atomic E-state index is 0.142. The number of nitrogens with two attached hydrogens (primary N) is 1. The summed E-state index contributed by atoms with van der Waals surface area (Å²) < 4.78 is 13.4. The highest BCUT2D eigenvalue weighted by Gasteiger charge is 2.17. The van der Waals surface area contributed by atoms with Gasteiger partial charge in [-0.3, -0.25) is 4.79 Å². The Morgan fingerprint density at radius 3 is 2.75 bits per heavy atom. The SMILES string of the molecule is CN(C)C(=O)C(N)Cc1cc(Cl)ccc1F. The lowest BCUT2D eigenvalue weighted by molar-refractivity contribution is -0.130. The van der Waals surface area contributed by atoms with Crippen molar-refractivity contribution in [3.63, 3.8) is 0 Å². The van der Waals surface area contributed by atoms with E-state index in [1.54, 1.807) is 14.1 Å². The molecular weight excluding hydrogens is 231 g/mol. The minimum Gasteiger partial charge on any atom is -0.347 e. The summed E-state index contributed by atoms with van der Waals surface area (Å²) >= 11 is 5.74. The Hall–Kier alpha value is -1.13. The van der Waals surface area contributed by atoms with Gasteiger partial charge in [0.05, 0.1) is 6.04 Å². The molecule has 0 aliphatic heterocycles. The van der Waals surface area contributed by atoms with E-state index >= 15 is 0 Å². The van der Waals surface area contributed by atoms with Gasteiger partial charge < -0.3 is 10.6 Å². The number of carbonyl (C=O) groups is 1. The topological polar surface area (TPSA) is 46.3 Å². The van der Waals surface area contributed by atoms with Crippen molar-refractivity contribution in [3.8, 4) is 0 Å². The van der Waals surface area contributed by atoms with Crippen LogP contribution in [0, 0.1) is 5.82 Å². The molecule has 1 aromatic carbocycles. The maximum absolute atomic E-state index is 13.4. The Balaban J connectivity index is 2.80. The van der Waals surface area contributed by atoms with Crippen molar-refractivity contribution < 1.29 is 9.18 Å². The van der Waals surface area contributed by atoms with E-state index in [9.17, 15) is 9.18 Å². The number of benzene rings is 1. The zero-order valence-corrected chi connectivity index (χ0v) is 9.96. The number of rotatable bonds is 3. The highest BCUT2D eigenvalue weighted by molar-refractivity contribution is 6.30. The van der Waals surface area contributed by atoms with E-state index in [-0.39, 0.29) is 12.3 Å². The second-order valence-corrected chi connectivity index (χ2v) is 4.22. The molecule has 1 unspecified atom stereocenters. The fourth-order valence-electron chi connectivity index (χ4n) is 1.36. The first-order chi connectivity index (χ1) is 7.41. The quantitative estimate of drug-likeness (QED) is 0.875. The molecule has 16 heavy (non-hydrogen) atoms. The monoisotopic (exact) mass is 244 g/mol. The molecule has 0 bridgehead atoms. The summed E-state index contributed by atoms with van der Waals surface area (Å²) in [4.78, 5) is 12.9. The zero-order valence-electron chi connectivity index (χ0n) is 9.21. The maximum Gasteiger partial charge on any atom is 0.239 e. The van der Waals surface area contributed by atoms with E-state index in [0.29, 0.717) is 10.6 Å². The molecule has 2 N–H and O–H groups in total. The summed E-state index contributed by atoms with van der Waals surface area (Å²) in [5, 5.41) is 0.431. The number of likely N-dealkylation sites (N-methyl/N-ethyl adjacent to an activating group) is 1. The lowest BCUT2D eigenvalue weighted by Crippen LogP contribution is -2.41. The smallest absolute Gasteiger partial charge is 0.239 e. The molecular formula is C11H14ClFN2O. The Bertz CT molecular complexity index is 396. The number of hydrogen-bond donors (Lipinski definition) is 1. The van der Waals surface area contributed by atoms with Crippen LogP contribution in [0.15, 0.2) is 18.2 Å². The summed E-state index contributed by atoms with van der Waals surface area (Å²) in [6.45, 7) is 0. The third-order valence-electron chi connectivity index (χ3n) is 2.21. The van der Waals surface area contributed by atoms with Crippen LogP contribution in [0.3, 0.4) is 0 Å². The highest BCUT2D eigenvalue weighted by atomic mass is 35.5. The molecule has 0 saturated carbocycles. The molecule has 5 heteroatoms. The highest BCUT2D eigenvalue weighted by Crippen LogP contribution is 2.16. The van der Waals surface area contributed by atoms with Gasteiger partial charge in [-0.05, 0) is 30.2 Å². The van der Waals surface area contributed by atoms with Crippen LogP contribution in [0.25, 0.3) is 0 Å². The van der Waals surface area contributed by atoms with Crippen LogP contribution in [0.5, 0.6) is 0 Å². The number of carbonyl (C=O) groups excluding carboxylic acids is 1. The molecule has 0 heterocycles. The van der Waals surface area contributed by atoms with Gasteiger partial charge in [-0.15, -0.1) is 0 Å². The number of nitrogens with zero attached hydrogens (tertiary/aromatic N) is 1. The van der Waals surface area contributed by atoms with Crippen LogP contribution in [-0.2, 0) is 11.2 Å². The van der Waals surface area contributed by atoms with E-state index in [0.717, 1.165) is 0 Å². The van der Waals surface area contributed by atoms with Gasteiger partial charge in [-0.1, -0.05) is 11.6 Å². The Morgan fingerprint density at radius 1 is 1.56 bits per heavy atom. The normalized spacial score (nSPS) is 12.3. The van der Waals surface area contributed by atoms with Crippen LogP contribution in [0.2, 0.25) is 5.02 Å². The van der Waals surface area contributed by atoms with Crippen LogP contribution < -0.4 is 5.73 Å². The molecule has 0 radical (unpaired) electrons. The molecule has 0 fully saturated rings. The molecule has 1 aromatic rings. The predicted octanol–water partition coefficient (Wildman–Crippen LogP) is 1.44. The van der Waals surface area contributed by atoms with Crippen LogP contribution in [0.1, 0.15) is 5.56 Å². The summed E-state index contributed by atoms with van der Waals surface area (Å²) in [6.07, 6.45) is 0.142. The molecule has 1 amide bonds. The van der Waals surface area contributed by atoms with E-state index in [1.807, 2.05) is 0 Å². The number of hydrogen-bond acceptors (Lipinski definition) is 2. The molecule has 3 nitrogen and oxygen atoms in total. The molecule has 0 aliphatic carbocycles.